The van der Waals surface area contributed by atoms with Crippen LogP contribution in [0.2, 0.25) is 0 Å². The topological polar surface area (TPSA) is 55.1 Å². The molecule has 0 spiro atoms. The highest BCUT2D eigenvalue weighted by atomic mass is 16.1. The van der Waals surface area contributed by atoms with Crippen LogP contribution in [-0.4, -0.2) is 5.91 Å². The number of carbonyl (C=O) groups is 1. The summed E-state index contributed by atoms with van der Waals surface area (Å²) < 4.78 is 0. The quantitative estimate of drug-likeness (QED) is 0.902. The van der Waals surface area contributed by atoms with E-state index in [0.717, 1.165) is 23.2 Å². The predicted octanol–water partition coefficient (Wildman–Crippen LogP) is 3.37. The van der Waals surface area contributed by atoms with E-state index in [0.29, 0.717) is 6.42 Å². The molecule has 3 heteroatoms. The van der Waals surface area contributed by atoms with Crippen molar-refractivity contribution in [3.05, 3.63) is 65.2 Å². The van der Waals surface area contributed by atoms with Gasteiger partial charge in [0.25, 0.3) is 0 Å². The molecule has 0 fully saturated rings. The van der Waals surface area contributed by atoms with Crippen molar-refractivity contribution < 1.29 is 4.79 Å². The molecule has 3 N–H and O–H groups in total. The van der Waals surface area contributed by atoms with E-state index < -0.39 is 0 Å². The zero-order valence-electron chi connectivity index (χ0n) is 12.2. The van der Waals surface area contributed by atoms with Crippen LogP contribution < -0.4 is 11.1 Å². The summed E-state index contributed by atoms with van der Waals surface area (Å²) in [6.45, 7) is 2.16. The van der Waals surface area contributed by atoms with Crippen molar-refractivity contribution in [1.29, 1.82) is 0 Å². The summed E-state index contributed by atoms with van der Waals surface area (Å²) in [7, 11) is 0. The van der Waals surface area contributed by atoms with Gasteiger partial charge in [-0.05, 0) is 29.2 Å². The molecule has 0 saturated carbocycles. The molecule has 1 aliphatic heterocycles. The van der Waals surface area contributed by atoms with Gasteiger partial charge >= 0.3 is 0 Å². The van der Waals surface area contributed by atoms with Gasteiger partial charge < -0.3 is 11.1 Å². The van der Waals surface area contributed by atoms with E-state index >= 15 is 0 Å². The van der Waals surface area contributed by atoms with E-state index in [4.69, 9.17) is 5.73 Å². The van der Waals surface area contributed by atoms with Crippen LogP contribution in [-0.2, 0) is 11.2 Å². The monoisotopic (exact) mass is 280 g/mol. The number of benzene rings is 2. The maximum absolute atomic E-state index is 11.5. The number of rotatable bonds is 4. The Balaban J connectivity index is 1.89. The number of nitrogens with one attached hydrogen (secondary N) is 1. The maximum Gasteiger partial charge on any atom is 0.228 e. The number of fused-ring (bicyclic) bond motifs is 1. The first-order valence-electron chi connectivity index (χ1n) is 7.42. The average Bonchev–Trinajstić information content (AvgIpc) is 2.88. The van der Waals surface area contributed by atoms with Gasteiger partial charge in [-0.1, -0.05) is 49.4 Å². The molecule has 0 aromatic heterocycles. The number of carbonyl (C=O) groups excluding carboxylic acids is 1. The lowest BCUT2D eigenvalue weighted by Crippen LogP contribution is -2.19. The van der Waals surface area contributed by atoms with Crippen LogP contribution in [0.5, 0.6) is 0 Å². The van der Waals surface area contributed by atoms with Gasteiger partial charge in [-0.3, -0.25) is 4.79 Å². The second-order valence-electron chi connectivity index (χ2n) is 5.59. The van der Waals surface area contributed by atoms with Crippen molar-refractivity contribution >= 4 is 11.6 Å². The van der Waals surface area contributed by atoms with E-state index in [-0.39, 0.29) is 17.9 Å². The Morgan fingerprint density at radius 3 is 2.62 bits per heavy atom. The molecule has 1 amide bonds. The van der Waals surface area contributed by atoms with Crippen molar-refractivity contribution in [1.82, 2.24) is 0 Å². The van der Waals surface area contributed by atoms with Crippen LogP contribution in [0.15, 0.2) is 48.5 Å². The highest BCUT2D eigenvalue weighted by Crippen LogP contribution is 2.34. The van der Waals surface area contributed by atoms with Crippen molar-refractivity contribution in [2.45, 2.75) is 31.7 Å². The molecule has 2 atom stereocenters. The lowest BCUT2D eigenvalue weighted by molar-refractivity contribution is -0.115. The van der Waals surface area contributed by atoms with Crippen LogP contribution in [0.1, 0.15) is 42.0 Å². The Bertz CT molecular complexity index is 652. The van der Waals surface area contributed by atoms with Crippen LogP contribution in [0.3, 0.4) is 0 Å². The third-order valence-corrected chi connectivity index (χ3v) is 4.24. The smallest absolute Gasteiger partial charge is 0.228 e. The summed E-state index contributed by atoms with van der Waals surface area (Å²) in [6.07, 6.45) is 1.44. The Kier molecular flexibility index (Phi) is 3.76. The molecular weight excluding hydrogens is 260 g/mol. The van der Waals surface area contributed by atoms with Crippen molar-refractivity contribution in [3.63, 3.8) is 0 Å². The van der Waals surface area contributed by atoms with Gasteiger partial charge in [0.2, 0.25) is 5.91 Å². The summed E-state index contributed by atoms with van der Waals surface area (Å²) in [6, 6.07) is 16.4. The SMILES string of the molecule is CCC(c1ccccc1)C(N)c1ccc2c(c1)CC(=O)N2. The summed E-state index contributed by atoms with van der Waals surface area (Å²) in [4.78, 5) is 11.5. The molecule has 0 saturated heterocycles. The molecule has 21 heavy (non-hydrogen) atoms. The van der Waals surface area contributed by atoms with Crippen LogP contribution in [0.25, 0.3) is 0 Å². The van der Waals surface area contributed by atoms with Crippen molar-refractivity contribution in [2.24, 2.45) is 5.73 Å². The Morgan fingerprint density at radius 2 is 1.90 bits per heavy atom. The second-order valence-corrected chi connectivity index (χ2v) is 5.59. The Morgan fingerprint density at radius 1 is 1.14 bits per heavy atom. The molecule has 3 nitrogen and oxygen atoms in total. The standard InChI is InChI=1S/C18H20N2O/c1-2-15(12-6-4-3-5-7-12)18(19)13-8-9-16-14(10-13)11-17(21)20-16/h3-10,15,18H,2,11,19H2,1H3,(H,20,21). The summed E-state index contributed by atoms with van der Waals surface area (Å²) >= 11 is 0. The lowest BCUT2D eigenvalue weighted by Gasteiger charge is -2.24. The molecule has 0 bridgehead atoms. The zero-order chi connectivity index (χ0) is 14.8. The minimum Gasteiger partial charge on any atom is -0.326 e. The summed E-state index contributed by atoms with van der Waals surface area (Å²) in [5.74, 6) is 0.347. The zero-order valence-corrected chi connectivity index (χ0v) is 12.2. The third-order valence-electron chi connectivity index (χ3n) is 4.24. The lowest BCUT2D eigenvalue weighted by atomic mass is 9.85. The number of amides is 1. The molecule has 2 aromatic rings. The fourth-order valence-corrected chi connectivity index (χ4v) is 3.09. The summed E-state index contributed by atoms with van der Waals surface area (Å²) in [5.41, 5.74) is 10.8. The van der Waals surface area contributed by atoms with Crippen molar-refractivity contribution in [2.75, 3.05) is 5.32 Å². The molecule has 2 unspecified atom stereocenters. The fraction of sp³-hybridized carbons (Fsp3) is 0.278. The van der Waals surface area contributed by atoms with Crippen molar-refractivity contribution in [3.8, 4) is 0 Å². The number of hydrogen-bond donors (Lipinski definition) is 2. The van der Waals surface area contributed by atoms with Gasteiger partial charge in [0.05, 0.1) is 6.42 Å². The van der Waals surface area contributed by atoms with Gasteiger partial charge in [0, 0.05) is 17.6 Å². The number of anilines is 1. The highest BCUT2D eigenvalue weighted by molar-refractivity contribution is 5.99. The molecule has 2 aromatic carbocycles. The fourth-order valence-electron chi connectivity index (χ4n) is 3.09. The van der Waals surface area contributed by atoms with Gasteiger partial charge in [0.1, 0.15) is 0 Å². The Hall–Kier alpha value is -2.13. The molecule has 0 aliphatic carbocycles. The molecule has 3 rings (SSSR count). The first kappa shape index (κ1) is 13.8. The number of hydrogen-bond acceptors (Lipinski definition) is 2. The van der Waals surface area contributed by atoms with Crippen LogP contribution >= 0.6 is 0 Å². The highest BCUT2D eigenvalue weighted by Gasteiger charge is 2.23. The minimum atomic E-state index is -0.0570. The van der Waals surface area contributed by atoms with E-state index in [2.05, 4.69) is 42.6 Å². The van der Waals surface area contributed by atoms with E-state index in [1.54, 1.807) is 0 Å². The molecular formula is C18H20N2O. The van der Waals surface area contributed by atoms with Gasteiger partial charge in [-0.2, -0.15) is 0 Å². The number of nitrogens with two attached hydrogens (primary N) is 1. The van der Waals surface area contributed by atoms with Gasteiger partial charge in [-0.15, -0.1) is 0 Å². The minimum absolute atomic E-state index is 0.0570. The second kappa shape index (κ2) is 5.70. The molecule has 1 aliphatic rings. The van der Waals surface area contributed by atoms with E-state index in [9.17, 15) is 4.79 Å². The van der Waals surface area contributed by atoms with Gasteiger partial charge in [0.15, 0.2) is 0 Å². The predicted molar refractivity (Wildman–Crippen MR) is 85.2 cm³/mol. The Labute approximate surface area is 125 Å². The molecule has 0 radical (unpaired) electrons. The largest absolute Gasteiger partial charge is 0.326 e. The normalized spacial score (nSPS) is 16.2. The van der Waals surface area contributed by atoms with E-state index in [1.165, 1.54) is 5.56 Å². The first-order chi connectivity index (χ1) is 10.2. The molecule has 108 valence electrons. The summed E-state index contributed by atoms with van der Waals surface area (Å²) in [5, 5.41) is 2.86. The van der Waals surface area contributed by atoms with Crippen LogP contribution in [0, 0.1) is 0 Å². The average molecular weight is 280 g/mol. The maximum atomic E-state index is 11.5. The van der Waals surface area contributed by atoms with Gasteiger partial charge in [-0.25, -0.2) is 0 Å². The van der Waals surface area contributed by atoms with Crippen LogP contribution in [0.4, 0.5) is 5.69 Å². The first-order valence-corrected chi connectivity index (χ1v) is 7.42. The molecule has 1 heterocycles. The van der Waals surface area contributed by atoms with E-state index in [1.807, 2.05) is 18.2 Å². The third kappa shape index (κ3) is 2.69.